The van der Waals surface area contributed by atoms with Crippen LogP contribution in [0, 0.1) is 17.1 Å². The SMILES string of the molecule is N#C/C(=C\c1ccc(F)cc1)C(=O)c1ccco1. The van der Waals surface area contributed by atoms with Crippen molar-refractivity contribution in [3.05, 3.63) is 65.4 Å². The van der Waals surface area contributed by atoms with Crippen molar-refractivity contribution in [2.24, 2.45) is 0 Å². The molecule has 0 atom stereocenters. The largest absolute Gasteiger partial charge is 0.461 e. The summed E-state index contributed by atoms with van der Waals surface area (Å²) < 4.78 is 17.7. The zero-order valence-electron chi connectivity index (χ0n) is 9.26. The molecule has 1 aromatic carbocycles. The van der Waals surface area contributed by atoms with Crippen LogP contribution in [0.2, 0.25) is 0 Å². The second-order valence-corrected chi connectivity index (χ2v) is 3.53. The molecule has 1 heterocycles. The van der Waals surface area contributed by atoms with Gasteiger partial charge in [0.05, 0.1) is 6.26 Å². The third-order valence-electron chi connectivity index (χ3n) is 2.29. The van der Waals surface area contributed by atoms with E-state index in [2.05, 4.69) is 0 Å². The number of nitriles is 1. The van der Waals surface area contributed by atoms with E-state index >= 15 is 0 Å². The summed E-state index contributed by atoms with van der Waals surface area (Å²) in [6.45, 7) is 0. The number of furan rings is 1. The van der Waals surface area contributed by atoms with E-state index < -0.39 is 5.78 Å². The van der Waals surface area contributed by atoms with Crippen LogP contribution < -0.4 is 0 Å². The van der Waals surface area contributed by atoms with Crippen LogP contribution in [0.25, 0.3) is 6.08 Å². The van der Waals surface area contributed by atoms with E-state index in [0.29, 0.717) is 5.56 Å². The van der Waals surface area contributed by atoms with Crippen molar-refractivity contribution in [1.82, 2.24) is 0 Å². The van der Waals surface area contributed by atoms with Crippen molar-refractivity contribution in [1.29, 1.82) is 5.26 Å². The number of allylic oxidation sites excluding steroid dienone is 1. The van der Waals surface area contributed by atoms with Crippen LogP contribution in [0.5, 0.6) is 0 Å². The van der Waals surface area contributed by atoms with Gasteiger partial charge in [-0.2, -0.15) is 5.26 Å². The lowest BCUT2D eigenvalue weighted by molar-refractivity contribution is 0.101. The van der Waals surface area contributed by atoms with Crippen LogP contribution in [0.3, 0.4) is 0 Å². The van der Waals surface area contributed by atoms with E-state index in [1.165, 1.54) is 42.7 Å². The van der Waals surface area contributed by atoms with Crippen molar-refractivity contribution in [2.75, 3.05) is 0 Å². The van der Waals surface area contributed by atoms with E-state index in [4.69, 9.17) is 9.68 Å². The molecule has 0 spiro atoms. The van der Waals surface area contributed by atoms with Crippen LogP contribution in [0.4, 0.5) is 4.39 Å². The molecule has 0 amide bonds. The molecule has 0 unspecified atom stereocenters. The molecule has 88 valence electrons. The van der Waals surface area contributed by atoms with Gasteiger partial charge >= 0.3 is 0 Å². The summed E-state index contributed by atoms with van der Waals surface area (Å²) in [5.41, 5.74) is 0.518. The maximum Gasteiger partial charge on any atom is 0.238 e. The fraction of sp³-hybridized carbons (Fsp3) is 0. The Hall–Kier alpha value is -2.67. The summed E-state index contributed by atoms with van der Waals surface area (Å²) in [5.74, 6) is -0.764. The minimum Gasteiger partial charge on any atom is -0.461 e. The highest BCUT2D eigenvalue weighted by Crippen LogP contribution is 2.13. The summed E-state index contributed by atoms with van der Waals surface area (Å²) in [5, 5.41) is 8.96. The molecule has 1 aromatic heterocycles. The van der Waals surface area contributed by atoms with Gasteiger partial charge in [0.1, 0.15) is 17.5 Å². The number of hydrogen-bond acceptors (Lipinski definition) is 3. The van der Waals surface area contributed by atoms with Gasteiger partial charge < -0.3 is 4.42 Å². The Morgan fingerprint density at radius 1 is 1.28 bits per heavy atom. The number of hydrogen-bond donors (Lipinski definition) is 0. The third kappa shape index (κ3) is 2.53. The number of carbonyl (C=O) groups excluding carboxylic acids is 1. The molecule has 0 bridgehead atoms. The Morgan fingerprint density at radius 3 is 2.56 bits per heavy atom. The molecular weight excluding hydrogens is 233 g/mol. The topological polar surface area (TPSA) is 54.0 Å². The minimum atomic E-state index is -0.494. The van der Waals surface area contributed by atoms with E-state index in [1.807, 2.05) is 6.07 Å². The zero-order chi connectivity index (χ0) is 13.0. The van der Waals surface area contributed by atoms with Crippen molar-refractivity contribution in [2.45, 2.75) is 0 Å². The van der Waals surface area contributed by atoms with Crippen LogP contribution in [0.1, 0.15) is 16.1 Å². The molecule has 2 aromatic rings. The number of nitrogens with zero attached hydrogens (tertiary/aromatic N) is 1. The van der Waals surface area contributed by atoms with Gasteiger partial charge in [-0.3, -0.25) is 4.79 Å². The molecule has 2 rings (SSSR count). The Bertz CT molecular complexity index is 619. The monoisotopic (exact) mass is 241 g/mol. The average Bonchev–Trinajstić information content (AvgIpc) is 2.91. The highest BCUT2D eigenvalue weighted by molar-refractivity contribution is 6.12. The summed E-state index contributed by atoms with van der Waals surface area (Å²) in [6.07, 6.45) is 2.75. The first-order valence-electron chi connectivity index (χ1n) is 5.16. The lowest BCUT2D eigenvalue weighted by Gasteiger charge is -1.96. The van der Waals surface area contributed by atoms with E-state index in [0.717, 1.165) is 0 Å². The maximum absolute atomic E-state index is 12.7. The van der Waals surface area contributed by atoms with Gasteiger partial charge in [-0.25, -0.2) is 4.39 Å². The second kappa shape index (κ2) is 5.11. The lowest BCUT2D eigenvalue weighted by Crippen LogP contribution is -1.99. The van der Waals surface area contributed by atoms with E-state index in [-0.39, 0.29) is 17.2 Å². The Labute approximate surface area is 103 Å². The number of rotatable bonds is 3. The quantitative estimate of drug-likeness (QED) is 0.471. The highest BCUT2D eigenvalue weighted by atomic mass is 19.1. The molecule has 0 saturated carbocycles. The highest BCUT2D eigenvalue weighted by Gasteiger charge is 2.14. The first kappa shape index (κ1) is 11.8. The van der Waals surface area contributed by atoms with Crippen LogP contribution in [0.15, 0.2) is 52.7 Å². The molecule has 4 heteroatoms. The Kier molecular flexibility index (Phi) is 3.35. The molecule has 18 heavy (non-hydrogen) atoms. The Balaban J connectivity index is 2.32. The molecular formula is C14H8FNO2. The molecule has 0 radical (unpaired) electrons. The fourth-order valence-corrected chi connectivity index (χ4v) is 1.41. The predicted octanol–water partition coefficient (Wildman–Crippen LogP) is 3.21. The van der Waals surface area contributed by atoms with Crippen LogP contribution in [-0.4, -0.2) is 5.78 Å². The summed E-state index contributed by atoms with van der Waals surface area (Å²) in [4.78, 5) is 11.8. The molecule has 0 aliphatic carbocycles. The van der Waals surface area contributed by atoms with Gasteiger partial charge in [-0.05, 0) is 35.9 Å². The van der Waals surface area contributed by atoms with Crippen LogP contribution >= 0.6 is 0 Å². The van der Waals surface area contributed by atoms with Gasteiger partial charge in [0.2, 0.25) is 5.78 Å². The van der Waals surface area contributed by atoms with E-state index in [1.54, 1.807) is 6.07 Å². The number of halogens is 1. The smallest absolute Gasteiger partial charge is 0.238 e. The van der Waals surface area contributed by atoms with Crippen molar-refractivity contribution in [3.63, 3.8) is 0 Å². The normalized spacial score (nSPS) is 11.0. The number of ketones is 1. The summed E-state index contributed by atoms with van der Waals surface area (Å²) >= 11 is 0. The molecule has 0 aliphatic heterocycles. The van der Waals surface area contributed by atoms with Crippen molar-refractivity contribution < 1.29 is 13.6 Å². The van der Waals surface area contributed by atoms with E-state index in [9.17, 15) is 9.18 Å². The second-order valence-electron chi connectivity index (χ2n) is 3.53. The first-order valence-corrected chi connectivity index (χ1v) is 5.16. The van der Waals surface area contributed by atoms with Gasteiger partial charge in [0, 0.05) is 0 Å². The molecule has 0 fully saturated rings. The average molecular weight is 241 g/mol. The van der Waals surface area contributed by atoms with Crippen LogP contribution in [-0.2, 0) is 0 Å². The fourth-order valence-electron chi connectivity index (χ4n) is 1.41. The Morgan fingerprint density at radius 2 is 2.00 bits per heavy atom. The lowest BCUT2D eigenvalue weighted by atomic mass is 10.1. The molecule has 0 saturated heterocycles. The number of benzene rings is 1. The third-order valence-corrected chi connectivity index (χ3v) is 2.29. The van der Waals surface area contributed by atoms with Crippen molar-refractivity contribution in [3.8, 4) is 6.07 Å². The summed E-state index contributed by atoms with van der Waals surface area (Å²) in [7, 11) is 0. The van der Waals surface area contributed by atoms with Gasteiger partial charge in [-0.1, -0.05) is 12.1 Å². The zero-order valence-corrected chi connectivity index (χ0v) is 9.26. The number of carbonyl (C=O) groups is 1. The maximum atomic E-state index is 12.7. The first-order chi connectivity index (χ1) is 8.70. The van der Waals surface area contributed by atoms with Gasteiger partial charge in [-0.15, -0.1) is 0 Å². The van der Waals surface area contributed by atoms with Gasteiger partial charge in [0.25, 0.3) is 0 Å². The predicted molar refractivity (Wildman–Crippen MR) is 63.0 cm³/mol. The van der Waals surface area contributed by atoms with Gasteiger partial charge in [0.15, 0.2) is 5.76 Å². The minimum absolute atomic E-state index is 0.0587. The standard InChI is InChI=1S/C14H8FNO2/c15-12-5-3-10(4-6-12)8-11(9-16)14(17)13-2-1-7-18-13/h1-8H/b11-8+. The number of Topliss-reactive ketones (excluding diaryl/α,β-unsaturated/α-hetero) is 1. The molecule has 3 nitrogen and oxygen atoms in total. The molecule has 0 N–H and O–H groups in total. The summed E-state index contributed by atoms with van der Waals surface area (Å²) in [6, 6.07) is 10.4. The van der Waals surface area contributed by atoms with Crippen molar-refractivity contribution >= 4 is 11.9 Å². The molecule has 0 aliphatic rings.